The number of hydrogen-bond acceptors (Lipinski definition) is 7. The Balaban J connectivity index is 1.88. The van der Waals surface area contributed by atoms with Crippen molar-refractivity contribution in [3.63, 3.8) is 0 Å². The summed E-state index contributed by atoms with van der Waals surface area (Å²) < 4.78 is 0. The summed E-state index contributed by atoms with van der Waals surface area (Å²) in [6.45, 7) is 6.36. The number of carbonyl (C=O) groups is 1. The number of thioether (sulfide) groups is 1. The van der Waals surface area contributed by atoms with E-state index < -0.39 is 0 Å². The number of allylic oxidation sites excluding steroid dienone is 4. The van der Waals surface area contributed by atoms with Crippen LogP contribution in [-0.2, 0) is 4.79 Å². The molecule has 2 aliphatic rings. The zero-order valence-corrected chi connectivity index (χ0v) is 16.3. The highest BCUT2D eigenvalue weighted by atomic mass is 32.2. The monoisotopic (exact) mass is 387 g/mol. The molecule has 144 valence electrons. The van der Waals surface area contributed by atoms with E-state index in [4.69, 9.17) is 21.6 Å². The third kappa shape index (κ3) is 5.73. The molecule has 0 radical (unpaired) electrons. The molecule has 5 N–H and O–H groups in total. The molecule has 27 heavy (non-hydrogen) atoms. The van der Waals surface area contributed by atoms with Gasteiger partial charge in [-0.05, 0) is 36.4 Å². The maximum absolute atomic E-state index is 11.0. The van der Waals surface area contributed by atoms with Gasteiger partial charge in [-0.3, -0.25) is 20.5 Å². The van der Waals surface area contributed by atoms with Crippen molar-refractivity contribution >= 4 is 39.9 Å². The largest absolute Gasteiger partial charge is 0.349 e. The first-order chi connectivity index (χ1) is 12.8. The van der Waals surface area contributed by atoms with E-state index >= 15 is 0 Å². The molecule has 1 fully saturated rings. The standard InChI is InChI=1S/C18H25N7OS/c1-12(15-4-3-14(5-6-19)16(20)11-15)24-7-9-25(10-8-24)18(22)27-17(21)23-13(2)26/h3-6,11-12,19-20,22H,7-10H2,1-2H3,(H2,21,23,26)/b14-5-,19-6?,20-16?,22-18?. The molecule has 0 aromatic heterocycles. The number of piperazine rings is 1. The molecule has 0 spiro atoms. The normalized spacial score (nSPS) is 20.2. The van der Waals surface area contributed by atoms with E-state index in [1.807, 2.05) is 23.1 Å². The van der Waals surface area contributed by atoms with Gasteiger partial charge < -0.3 is 21.0 Å². The molecule has 1 atom stereocenters. The van der Waals surface area contributed by atoms with Crippen molar-refractivity contribution in [3.8, 4) is 0 Å². The average Bonchev–Trinajstić information content (AvgIpc) is 2.62. The molecule has 9 heteroatoms. The number of rotatable bonds is 3. The number of hydrogen-bond donors (Lipinski definition) is 5. The molecule has 1 aliphatic carbocycles. The molecule has 2 rings (SSSR count). The summed E-state index contributed by atoms with van der Waals surface area (Å²) >= 11 is 0.944. The minimum absolute atomic E-state index is 0.0342. The lowest BCUT2D eigenvalue weighted by atomic mass is 9.95. The molecular weight excluding hydrogens is 362 g/mol. The summed E-state index contributed by atoms with van der Waals surface area (Å²) in [5, 5.41) is 33.6. The SMILES string of the molecule is CC(=O)NC(=N)SC(=N)N1CCN(C(C)C2=CC(=N)/C(=C\C=N)C=C2)CC1. The maximum Gasteiger partial charge on any atom is 0.222 e. The fraction of sp³-hybridized carbons (Fsp3) is 0.389. The van der Waals surface area contributed by atoms with E-state index in [1.165, 1.54) is 13.1 Å². The summed E-state index contributed by atoms with van der Waals surface area (Å²) in [6.07, 6.45) is 8.51. The van der Waals surface area contributed by atoms with Gasteiger partial charge in [0.25, 0.3) is 0 Å². The molecule has 8 nitrogen and oxygen atoms in total. The van der Waals surface area contributed by atoms with Crippen LogP contribution in [0, 0.1) is 21.6 Å². The second kappa shape index (κ2) is 9.43. The molecule has 1 amide bonds. The van der Waals surface area contributed by atoms with Crippen LogP contribution >= 0.6 is 11.8 Å². The number of carbonyl (C=O) groups excluding carboxylic acids is 1. The van der Waals surface area contributed by atoms with Crippen molar-refractivity contribution in [2.24, 2.45) is 0 Å². The van der Waals surface area contributed by atoms with E-state index in [2.05, 4.69) is 17.1 Å². The zero-order valence-electron chi connectivity index (χ0n) is 15.5. The first-order valence-electron chi connectivity index (χ1n) is 8.62. The summed E-state index contributed by atoms with van der Waals surface area (Å²) in [4.78, 5) is 15.2. The Hall–Kier alpha value is -2.52. The van der Waals surface area contributed by atoms with Crippen LogP contribution in [0.15, 0.2) is 35.5 Å². The molecule has 0 aromatic rings. The van der Waals surface area contributed by atoms with Gasteiger partial charge in [0.1, 0.15) is 0 Å². The third-order valence-electron chi connectivity index (χ3n) is 4.46. The van der Waals surface area contributed by atoms with Crippen LogP contribution in [0.4, 0.5) is 0 Å². The van der Waals surface area contributed by atoms with Crippen LogP contribution in [0.5, 0.6) is 0 Å². The lowest BCUT2D eigenvalue weighted by molar-refractivity contribution is -0.117. The van der Waals surface area contributed by atoms with Crippen molar-refractivity contribution in [3.05, 3.63) is 35.5 Å². The average molecular weight is 388 g/mol. The second-order valence-corrected chi connectivity index (χ2v) is 7.30. The van der Waals surface area contributed by atoms with E-state index in [1.54, 1.807) is 6.08 Å². The number of amides is 1. The quantitative estimate of drug-likeness (QED) is 0.373. The summed E-state index contributed by atoms with van der Waals surface area (Å²) in [5.74, 6) is -0.308. The van der Waals surface area contributed by atoms with Crippen molar-refractivity contribution < 1.29 is 4.79 Å². The summed E-state index contributed by atoms with van der Waals surface area (Å²) in [7, 11) is 0. The highest BCUT2D eigenvalue weighted by Gasteiger charge is 2.25. The second-order valence-electron chi connectivity index (χ2n) is 6.30. The Bertz CT molecular complexity index is 745. The topological polar surface area (TPSA) is 131 Å². The Morgan fingerprint density at radius 1 is 1.26 bits per heavy atom. The molecule has 1 aliphatic heterocycles. The highest BCUT2D eigenvalue weighted by molar-refractivity contribution is 8.26. The molecule has 1 saturated heterocycles. The molecule has 0 saturated carbocycles. The lowest BCUT2D eigenvalue weighted by Gasteiger charge is -2.39. The molecule has 0 aromatic carbocycles. The van der Waals surface area contributed by atoms with Crippen LogP contribution in [-0.4, -0.2) is 70.2 Å². The van der Waals surface area contributed by atoms with Gasteiger partial charge >= 0.3 is 0 Å². The first kappa shape index (κ1) is 20.8. The Morgan fingerprint density at radius 3 is 2.48 bits per heavy atom. The molecule has 1 unspecified atom stereocenters. The molecular formula is C18H25N7OS. The minimum atomic E-state index is -0.308. The van der Waals surface area contributed by atoms with Crippen LogP contribution in [0.25, 0.3) is 0 Å². The summed E-state index contributed by atoms with van der Waals surface area (Å²) in [5.41, 5.74) is 2.21. The van der Waals surface area contributed by atoms with Crippen LogP contribution in [0.2, 0.25) is 0 Å². The van der Waals surface area contributed by atoms with Crippen molar-refractivity contribution in [1.29, 1.82) is 21.6 Å². The van der Waals surface area contributed by atoms with Gasteiger partial charge in [0.05, 0.1) is 5.71 Å². The van der Waals surface area contributed by atoms with Gasteiger partial charge in [0.2, 0.25) is 5.91 Å². The van der Waals surface area contributed by atoms with Crippen molar-refractivity contribution in [2.45, 2.75) is 19.9 Å². The number of amidine groups is 2. The zero-order chi connectivity index (χ0) is 20.0. The maximum atomic E-state index is 11.0. The Kier molecular flexibility index (Phi) is 7.26. The fourth-order valence-electron chi connectivity index (χ4n) is 2.94. The van der Waals surface area contributed by atoms with E-state index in [0.717, 1.165) is 36.0 Å². The van der Waals surface area contributed by atoms with Gasteiger partial charge in [-0.2, -0.15) is 0 Å². The van der Waals surface area contributed by atoms with Crippen LogP contribution in [0.1, 0.15) is 13.8 Å². The molecule has 0 bridgehead atoms. The van der Waals surface area contributed by atoms with E-state index in [0.29, 0.717) is 18.8 Å². The van der Waals surface area contributed by atoms with Crippen LogP contribution in [0.3, 0.4) is 0 Å². The summed E-state index contributed by atoms with van der Waals surface area (Å²) in [6, 6.07) is 0.157. The first-order valence-corrected chi connectivity index (χ1v) is 9.44. The Morgan fingerprint density at radius 2 is 1.93 bits per heavy atom. The minimum Gasteiger partial charge on any atom is -0.349 e. The van der Waals surface area contributed by atoms with Crippen molar-refractivity contribution in [2.75, 3.05) is 26.2 Å². The van der Waals surface area contributed by atoms with Gasteiger partial charge in [-0.25, -0.2) is 0 Å². The predicted octanol–water partition coefficient (Wildman–Crippen LogP) is 1.82. The van der Waals surface area contributed by atoms with E-state index in [9.17, 15) is 4.79 Å². The van der Waals surface area contributed by atoms with Gasteiger partial charge in [0.15, 0.2) is 10.3 Å². The Labute approximate surface area is 163 Å². The predicted molar refractivity (Wildman–Crippen MR) is 111 cm³/mol. The number of nitrogens with zero attached hydrogens (tertiary/aromatic N) is 2. The smallest absolute Gasteiger partial charge is 0.222 e. The number of nitrogens with one attached hydrogen (secondary N) is 5. The third-order valence-corrected chi connectivity index (χ3v) is 5.22. The fourth-order valence-corrected chi connectivity index (χ4v) is 3.64. The van der Waals surface area contributed by atoms with E-state index in [-0.39, 0.29) is 22.3 Å². The highest BCUT2D eigenvalue weighted by Crippen LogP contribution is 2.21. The van der Waals surface area contributed by atoms with Gasteiger partial charge in [-0.1, -0.05) is 12.2 Å². The van der Waals surface area contributed by atoms with Crippen LogP contribution < -0.4 is 5.32 Å². The van der Waals surface area contributed by atoms with Crippen molar-refractivity contribution in [1.82, 2.24) is 15.1 Å². The lowest BCUT2D eigenvalue weighted by Crippen LogP contribution is -2.51. The van der Waals surface area contributed by atoms with Gasteiger partial charge in [-0.15, -0.1) is 0 Å². The van der Waals surface area contributed by atoms with Gasteiger partial charge in [0, 0.05) is 50.9 Å². The molecule has 1 heterocycles.